The number of benzene rings is 1. The fourth-order valence-electron chi connectivity index (χ4n) is 3.98. The number of ether oxygens (including phenoxy) is 1. The van der Waals surface area contributed by atoms with Crippen molar-refractivity contribution < 1.29 is 9.84 Å². The molecule has 28 heavy (non-hydrogen) atoms. The molecule has 2 saturated heterocycles. The molecule has 0 spiro atoms. The van der Waals surface area contributed by atoms with E-state index in [1.165, 1.54) is 19.3 Å². The maximum absolute atomic E-state index is 10.3. The molecule has 1 atom stereocenters. The van der Waals surface area contributed by atoms with Crippen LogP contribution in [-0.2, 0) is 11.2 Å². The van der Waals surface area contributed by atoms with E-state index in [-0.39, 0.29) is 5.75 Å². The molecule has 2 aliphatic rings. The molecule has 150 valence electrons. The van der Waals surface area contributed by atoms with Gasteiger partial charge in [0, 0.05) is 30.8 Å². The van der Waals surface area contributed by atoms with Crippen LogP contribution in [0.4, 0.5) is 11.8 Å². The summed E-state index contributed by atoms with van der Waals surface area (Å²) in [4.78, 5) is 11.2. The van der Waals surface area contributed by atoms with E-state index in [0.29, 0.717) is 31.0 Å². The number of phenols is 1. The molecule has 0 aliphatic carbocycles. The maximum atomic E-state index is 10.3. The number of hydrogen-bond donors (Lipinski definition) is 3. The van der Waals surface area contributed by atoms with Crippen molar-refractivity contribution in [3.8, 4) is 17.0 Å². The fourth-order valence-corrected chi connectivity index (χ4v) is 3.98. The Bertz CT molecular complexity index is 801. The van der Waals surface area contributed by atoms with E-state index in [4.69, 9.17) is 15.5 Å². The standard InChI is InChI=1S/C21H29N5O2/c22-20-14-19(24-21(25-20)26-7-9-28-10-8-26)16-11-15(12-18(27)13-16)4-5-17-3-1-2-6-23-17/h11-14,17,23,27H,1-10H2,(H2,22,24,25)/t17-/m1/s1. The van der Waals surface area contributed by atoms with Gasteiger partial charge in [-0.1, -0.05) is 6.42 Å². The Morgan fingerprint density at radius 3 is 2.79 bits per heavy atom. The van der Waals surface area contributed by atoms with Crippen LogP contribution >= 0.6 is 0 Å². The zero-order valence-electron chi connectivity index (χ0n) is 16.2. The number of aromatic nitrogens is 2. The quantitative estimate of drug-likeness (QED) is 0.729. The first kappa shape index (κ1) is 19.0. The molecule has 7 nitrogen and oxygen atoms in total. The lowest BCUT2D eigenvalue weighted by molar-refractivity contribution is 0.122. The van der Waals surface area contributed by atoms with Gasteiger partial charge in [0.15, 0.2) is 0 Å². The van der Waals surface area contributed by atoms with Crippen LogP contribution in [-0.4, -0.2) is 54.0 Å². The lowest BCUT2D eigenvalue weighted by Gasteiger charge is -2.27. The van der Waals surface area contributed by atoms with E-state index in [2.05, 4.69) is 21.3 Å². The molecule has 0 unspecified atom stereocenters. The highest BCUT2D eigenvalue weighted by molar-refractivity contribution is 5.66. The Morgan fingerprint density at radius 1 is 1.14 bits per heavy atom. The summed E-state index contributed by atoms with van der Waals surface area (Å²) in [6.45, 7) is 3.95. The minimum atomic E-state index is 0.259. The molecule has 2 aliphatic heterocycles. The van der Waals surface area contributed by atoms with E-state index in [1.54, 1.807) is 12.1 Å². The van der Waals surface area contributed by atoms with E-state index in [0.717, 1.165) is 49.3 Å². The molecule has 2 aromatic rings. The molecule has 0 bridgehead atoms. The largest absolute Gasteiger partial charge is 0.508 e. The van der Waals surface area contributed by atoms with Gasteiger partial charge in [0.1, 0.15) is 11.6 Å². The first-order valence-corrected chi connectivity index (χ1v) is 10.2. The third-order valence-electron chi connectivity index (χ3n) is 5.50. The molecule has 3 heterocycles. The summed E-state index contributed by atoms with van der Waals surface area (Å²) in [6.07, 6.45) is 5.81. The number of aromatic hydroxyl groups is 1. The summed E-state index contributed by atoms with van der Waals surface area (Å²) < 4.78 is 5.41. The van der Waals surface area contributed by atoms with Crippen molar-refractivity contribution in [2.45, 2.75) is 38.1 Å². The van der Waals surface area contributed by atoms with Crippen molar-refractivity contribution >= 4 is 11.8 Å². The average molecular weight is 383 g/mol. The average Bonchev–Trinajstić information content (AvgIpc) is 2.73. The fraction of sp³-hybridized carbons (Fsp3) is 0.524. The number of nitrogens with zero attached hydrogens (tertiary/aromatic N) is 3. The number of piperidine rings is 1. The number of morpholine rings is 1. The zero-order chi connectivity index (χ0) is 19.3. The minimum Gasteiger partial charge on any atom is -0.508 e. The van der Waals surface area contributed by atoms with Crippen LogP contribution in [0.15, 0.2) is 24.3 Å². The number of hydrogen-bond acceptors (Lipinski definition) is 7. The summed E-state index contributed by atoms with van der Waals surface area (Å²) in [7, 11) is 0. The van der Waals surface area contributed by atoms with Crippen LogP contribution in [0.5, 0.6) is 5.75 Å². The highest BCUT2D eigenvalue weighted by atomic mass is 16.5. The lowest BCUT2D eigenvalue weighted by Crippen LogP contribution is -2.37. The predicted octanol–water partition coefficient (Wildman–Crippen LogP) is 2.34. The smallest absolute Gasteiger partial charge is 0.228 e. The highest BCUT2D eigenvalue weighted by Gasteiger charge is 2.17. The maximum Gasteiger partial charge on any atom is 0.228 e. The van der Waals surface area contributed by atoms with Crippen LogP contribution in [0, 0.1) is 0 Å². The number of aryl methyl sites for hydroxylation is 1. The first-order chi connectivity index (χ1) is 13.7. The van der Waals surface area contributed by atoms with Gasteiger partial charge in [-0.25, -0.2) is 4.98 Å². The predicted molar refractivity (Wildman–Crippen MR) is 111 cm³/mol. The van der Waals surface area contributed by atoms with Crippen molar-refractivity contribution in [1.82, 2.24) is 15.3 Å². The van der Waals surface area contributed by atoms with Crippen molar-refractivity contribution in [2.24, 2.45) is 0 Å². The van der Waals surface area contributed by atoms with E-state index < -0.39 is 0 Å². The third-order valence-corrected chi connectivity index (χ3v) is 5.50. The summed E-state index contributed by atoms with van der Waals surface area (Å²) in [5.74, 6) is 1.31. The Kier molecular flexibility index (Phi) is 5.92. The van der Waals surface area contributed by atoms with Gasteiger partial charge in [-0.3, -0.25) is 0 Å². The summed E-state index contributed by atoms with van der Waals surface area (Å²) in [5, 5.41) is 13.8. The third kappa shape index (κ3) is 4.72. The van der Waals surface area contributed by atoms with Gasteiger partial charge in [-0.15, -0.1) is 0 Å². The SMILES string of the molecule is Nc1cc(-c2cc(O)cc(CC[C@H]3CCCCN3)c2)nc(N2CCOCC2)n1. The molecule has 0 radical (unpaired) electrons. The van der Waals surface area contributed by atoms with Crippen LogP contribution in [0.3, 0.4) is 0 Å². The Morgan fingerprint density at radius 2 is 2.00 bits per heavy atom. The number of nitrogens with two attached hydrogens (primary N) is 1. The zero-order valence-corrected chi connectivity index (χ0v) is 16.2. The van der Waals surface area contributed by atoms with Crippen LogP contribution in [0.2, 0.25) is 0 Å². The lowest BCUT2D eigenvalue weighted by atomic mass is 9.96. The second-order valence-corrected chi connectivity index (χ2v) is 7.65. The highest BCUT2D eigenvalue weighted by Crippen LogP contribution is 2.28. The van der Waals surface area contributed by atoms with Gasteiger partial charge >= 0.3 is 0 Å². The number of anilines is 2. The Balaban J connectivity index is 1.54. The number of nitrogens with one attached hydrogen (secondary N) is 1. The minimum absolute atomic E-state index is 0.259. The van der Waals surface area contributed by atoms with Crippen LogP contribution in [0.1, 0.15) is 31.2 Å². The molecule has 4 N–H and O–H groups in total. The Hall–Kier alpha value is -2.38. The van der Waals surface area contributed by atoms with Crippen molar-refractivity contribution in [3.63, 3.8) is 0 Å². The van der Waals surface area contributed by atoms with Crippen LogP contribution < -0.4 is 16.0 Å². The van der Waals surface area contributed by atoms with Gasteiger partial charge in [0.25, 0.3) is 0 Å². The molecule has 1 aromatic carbocycles. The molecular weight excluding hydrogens is 354 g/mol. The number of phenolic OH excluding ortho intramolecular Hbond substituents is 1. The Labute approximate surface area is 165 Å². The number of rotatable bonds is 5. The van der Waals surface area contributed by atoms with Gasteiger partial charge in [0.2, 0.25) is 5.95 Å². The molecule has 0 saturated carbocycles. The van der Waals surface area contributed by atoms with E-state index >= 15 is 0 Å². The van der Waals surface area contributed by atoms with Crippen molar-refractivity contribution in [3.05, 3.63) is 29.8 Å². The molecule has 7 heteroatoms. The molecule has 2 fully saturated rings. The molecular formula is C21H29N5O2. The summed E-state index contributed by atoms with van der Waals surface area (Å²) >= 11 is 0. The van der Waals surface area contributed by atoms with Gasteiger partial charge < -0.3 is 25.8 Å². The molecule has 1 aromatic heterocycles. The van der Waals surface area contributed by atoms with Crippen LogP contribution in [0.25, 0.3) is 11.3 Å². The topological polar surface area (TPSA) is 96.5 Å². The second kappa shape index (κ2) is 8.75. The molecule has 4 rings (SSSR count). The van der Waals surface area contributed by atoms with Crippen molar-refractivity contribution in [2.75, 3.05) is 43.5 Å². The normalized spacial score (nSPS) is 20.3. The second-order valence-electron chi connectivity index (χ2n) is 7.65. The van der Waals surface area contributed by atoms with Gasteiger partial charge in [-0.2, -0.15) is 4.98 Å². The monoisotopic (exact) mass is 383 g/mol. The van der Waals surface area contributed by atoms with E-state index in [9.17, 15) is 5.11 Å². The van der Waals surface area contributed by atoms with E-state index in [1.807, 2.05) is 6.07 Å². The summed E-state index contributed by atoms with van der Waals surface area (Å²) in [5.41, 5.74) is 8.78. The number of nitrogen functional groups attached to an aromatic ring is 1. The first-order valence-electron chi connectivity index (χ1n) is 10.2. The van der Waals surface area contributed by atoms with Crippen molar-refractivity contribution in [1.29, 1.82) is 0 Å². The molecule has 0 amide bonds. The summed E-state index contributed by atoms with van der Waals surface area (Å²) in [6, 6.07) is 8.04. The van der Waals surface area contributed by atoms with Gasteiger partial charge in [0.05, 0.1) is 18.9 Å². The van der Waals surface area contributed by atoms with Gasteiger partial charge in [-0.05, 0) is 56.0 Å².